The maximum absolute atomic E-state index is 5.39. The van der Waals surface area contributed by atoms with Crippen LogP contribution >= 0.6 is 0 Å². The van der Waals surface area contributed by atoms with Crippen molar-refractivity contribution in [3.63, 3.8) is 0 Å². The Labute approximate surface area is 86.1 Å². The molecule has 1 heteroatoms. The molecule has 0 spiro atoms. The van der Waals surface area contributed by atoms with Crippen molar-refractivity contribution in [2.75, 3.05) is 13.2 Å². The van der Waals surface area contributed by atoms with Gasteiger partial charge in [0.2, 0.25) is 0 Å². The summed E-state index contributed by atoms with van der Waals surface area (Å²) in [5.41, 5.74) is 1.47. The van der Waals surface area contributed by atoms with Gasteiger partial charge in [-0.25, -0.2) is 0 Å². The smallest absolute Gasteiger partial charge is 0.0468 e. The molecule has 1 fully saturated rings. The van der Waals surface area contributed by atoms with E-state index in [1.54, 1.807) is 0 Å². The van der Waals surface area contributed by atoms with Gasteiger partial charge in [-0.15, -0.1) is 0 Å². The highest BCUT2D eigenvalue weighted by molar-refractivity contribution is 5.19. The van der Waals surface area contributed by atoms with Crippen molar-refractivity contribution in [3.8, 4) is 0 Å². The maximum atomic E-state index is 5.39. The molecule has 0 N–H and O–H groups in total. The average Bonchev–Trinajstić information content (AvgIpc) is 2.30. The first-order valence-electron chi connectivity index (χ1n) is 5.50. The zero-order valence-electron chi connectivity index (χ0n) is 8.78. The number of hydrogen-bond donors (Lipinski definition) is 0. The van der Waals surface area contributed by atoms with Crippen molar-refractivity contribution in [1.82, 2.24) is 0 Å². The molecule has 1 aliphatic rings. The largest absolute Gasteiger partial charge is 0.381 e. The van der Waals surface area contributed by atoms with E-state index in [2.05, 4.69) is 37.3 Å². The third-order valence-electron chi connectivity index (χ3n) is 3.30. The van der Waals surface area contributed by atoms with Crippen LogP contribution in [0.5, 0.6) is 0 Å². The highest BCUT2D eigenvalue weighted by atomic mass is 16.5. The molecule has 1 aromatic carbocycles. The second kappa shape index (κ2) is 4.61. The van der Waals surface area contributed by atoms with Gasteiger partial charge in [0.05, 0.1) is 0 Å². The van der Waals surface area contributed by atoms with Crippen molar-refractivity contribution in [2.24, 2.45) is 5.92 Å². The normalized spacial score (nSPS) is 20.6. The summed E-state index contributed by atoms with van der Waals surface area (Å²) in [7, 11) is 0. The Balaban J connectivity index is 2.03. The lowest BCUT2D eigenvalue weighted by Crippen LogP contribution is -2.20. The van der Waals surface area contributed by atoms with Crippen molar-refractivity contribution in [2.45, 2.75) is 25.7 Å². The number of rotatable bonds is 2. The molecule has 14 heavy (non-hydrogen) atoms. The molecule has 1 heterocycles. The Kier molecular flexibility index (Phi) is 3.20. The van der Waals surface area contributed by atoms with E-state index in [1.165, 1.54) is 18.4 Å². The van der Waals surface area contributed by atoms with Crippen LogP contribution in [0.3, 0.4) is 0 Å². The van der Waals surface area contributed by atoms with E-state index >= 15 is 0 Å². The van der Waals surface area contributed by atoms with E-state index in [1.807, 2.05) is 0 Å². The number of hydrogen-bond acceptors (Lipinski definition) is 1. The van der Waals surface area contributed by atoms with Gasteiger partial charge in [0, 0.05) is 13.2 Å². The summed E-state index contributed by atoms with van der Waals surface area (Å²) in [6, 6.07) is 10.8. The second-order valence-corrected chi connectivity index (χ2v) is 4.15. The van der Waals surface area contributed by atoms with Gasteiger partial charge in [-0.05, 0) is 30.2 Å². The SMILES string of the molecule is C[C@H](c1ccccc1)C1CCOCC1. The molecule has 0 bridgehead atoms. The summed E-state index contributed by atoms with van der Waals surface area (Å²) in [6.07, 6.45) is 2.44. The average molecular weight is 190 g/mol. The van der Waals surface area contributed by atoms with Gasteiger partial charge in [0.25, 0.3) is 0 Å². The van der Waals surface area contributed by atoms with E-state index in [0.717, 1.165) is 19.1 Å². The quantitative estimate of drug-likeness (QED) is 0.695. The highest BCUT2D eigenvalue weighted by Crippen LogP contribution is 2.31. The summed E-state index contributed by atoms with van der Waals surface area (Å²) >= 11 is 0. The first kappa shape index (κ1) is 9.72. The maximum Gasteiger partial charge on any atom is 0.0468 e. The molecule has 0 unspecified atom stereocenters. The van der Waals surface area contributed by atoms with Gasteiger partial charge in [-0.3, -0.25) is 0 Å². The first-order chi connectivity index (χ1) is 6.88. The van der Waals surface area contributed by atoms with Gasteiger partial charge in [0.1, 0.15) is 0 Å². The fraction of sp³-hybridized carbons (Fsp3) is 0.538. The van der Waals surface area contributed by atoms with Gasteiger partial charge in [0.15, 0.2) is 0 Å². The molecular formula is C13H18O. The van der Waals surface area contributed by atoms with Gasteiger partial charge in [-0.2, -0.15) is 0 Å². The lowest BCUT2D eigenvalue weighted by atomic mass is 9.83. The van der Waals surface area contributed by atoms with E-state index < -0.39 is 0 Å². The molecule has 1 aliphatic heterocycles. The van der Waals surface area contributed by atoms with Gasteiger partial charge >= 0.3 is 0 Å². The van der Waals surface area contributed by atoms with Gasteiger partial charge < -0.3 is 4.74 Å². The Hall–Kier alpha value is -0.820. The summed E-state index contributed by atoms with van der Waals surface area (Å²) in [5, 5.41) is 0. The predicted octanol–water partition coefficient (Wildman–Crippen LogP) is 3.22. The lowest BCUT2D eigenvalue weighted by Gasteiger charge is -2.28. The molecule has 0 aromatic heterocycles. The minimum Gasteiger partial charge on any atom is -0.381 e. The monoisotopic (exact) mass is 190 g/mol. The fourth-order valence-electron chi connectivity index (χ4n) is 2.24. The zero-order chi connectivity index (χ0) is 9.80. The molecule has 1 saturated heterocycles. The highest BCUT2D eigenvalue weighted by Gasteiger charge is 2.21. The van der Waals surface area contributed by atoms with E-state index in [9.17, 15) is 0 Å². The molecule has 1 aromatic rings. The van der Waals surface area contributed by atoms with E-state index in [0.29, 0.717) is 5.92 Å². The topological polar surface area (TPSA) is 9.23 Å². The lowest BCUT2D eigenvalue weighted by molar-refractivity contribution is 0.0596. The van der Waals surface area contributed by atoms with Crippen LogP contribution in [-0.2, 0) is 4.74 Å². The fourth-order valence-corrected chi connectivity index (χ4v) is 2.24. The molecular weight excluding hydrogens is 172 g/mol. The first-order valence-corrected chi connectivity index (χ1v) is 5.50. The van der Waals surface area contributed by atoms with Crippen molar-refractivity contribution in [1.29, 1.82) is 0 Å². The summed E-state index contributed by atoms with van der Waals surface area (Å²) in [6.45, 7) is 4.23. The van der Waals surface area contributed by atoms with E-state index in [-0.39, 0.29) is 0 Å². The van der Waals surface area contributed by atoms with Crippen LogP contribution in [0.25, 0.3) is 0 Å². The molecule has 0 radical (unpaired) electrons. The number of benzene rings is 1. The minimum atomic E-state index is 0.681. The molecule has 0 aliphatic carbocycles. The van der Waals surface area contributed by atoms with Crippen molar-refractivity contribution < 1.29 is 4.74 Å². The molecule has 2 rings (SSSR count). The van der Waals surface area contributed by atoms with Crippen LogP contribution in [-0.4, -0.2) is 13.2 Å². The summed E-state index contributed by atoms with van der Waals surface area (Å²) < 4.78 is 5.39. The van der Waals surface area contributed by atoms with Crippen LogP contribution < -0.4 is 0 Å². The van der Waals surface area contributed by atoms with Crippen LogP contribution in [0.4, 0.5) is 0 Å². The molecule has 0 saturated carbocycles. The Morgan fingerprint density at radius 3 is 2.43 bits per heavy atom. The van der Waals surface area contributed by atoms with Crippen molar-refractivity contribution >= 4 is 0 Å². The minimum absolute atomic E-state index is 0.681. The van der Waals surface area contributed by atoms with Crippen molar-refractivity contribution in [3.05, 3.63) is 35.9 Å². The Morgan fingerprint density at radius 2 is 1.79 bits per heavy atom. The summed E-state index contributed by atoms with van der Waals surface area (Å²) in [5.74, 6) is 1.49. The molecule has 76 valence electrons. The molecule has 1 atom stereocenters. The van der Waals surface area contributed by atoms with Gasteiger partial charge in [-0.1, -0.05) is 37.3 Å². The third kappa shape index (κ3) is 2.16. The summed E-state index contributed by atoms with van der Waals surface area (Å²) in [4.78, 5) is 0. The second-order valence-electron chi connectivity index (χ2n) is 4.15. The van der Waals surface area contributed by atoms with Crippen LogP contribution in [0.15, 0.2) is 30.3 Å². The van der Waals surface area contributed by atoms with E-state index in [4.69, 9.17) is 4.74 Å². The Bertz CT molecular complexity index is 262. The molecule has 1 nitrogen and oxygen atoms in total. The third-order valence-corrected chi connectivity index (χ3v) is 3.30. The predicted molar refractivity (Wildman–Crippen MR) is 58.4 cm³/mol. The van der Waals surface area contributed by atoms with Crippen LogP contribution in [0.1, 0.15) is 31.2 Å². The Morgan fingerprint density at radius 1 is 1.14 bits per heavy atom. The number of ether oxygens (including phenoxy) is 1. The van der Waals surface area contributed by atoms with Crippen LogP contribution in [0, 0.1) is 5.92 Å². The molecule has 0 amide bonds. The van der Waals surface area contributed by atoms with Crippen LogP contribution in [0.2, 0.25) is 0 Å². The standard InChI is InChI=1S/C13H18O/c1-11(12-5-3-2-4-6-12)13-7-9-14-10-8-13/h2-6,11,13H,7-10H2,1H3/t11-/m1/s1. The zero-order valence-corrected chi connectivity index (χ0v) is 8.78.